The average Bonchev–Trinajstić information content (AvgIpc) is 2.24. The van der Waals surface area contributed by atoms with Crippen molar-refractivity contribution in [3.63, 3.8) is 0 Å². The fourth-order valence-electron chi connectivity index (χ4n) is 1.40. The third-order valence-electron chi connectivity index (χ3n) is 2.20. The summed E-state index contributed by atoms with van der Waals surface area (Å²) in [5.74, 6) is 0. The molecule has 0 aromatic heterocycles. The molecule has 0 amide bonds. The summed E-state index contributed by atoms with van der Waals surface area (Å²) in [5, 5.41) is 0. The van der Waals surface area contributed by atoms with Crippen LogP contribution < -0.4 is 5.73 Å². The lowest BCUT2D eigenvalue weighted by Crippen LogP contribution is -2.16. The first kappa shape index (κ1) is 13.0. The van der Waals surface area contributed by atoms with E-state index in [1.165, 1.54) is 12.1 Å². The Bertz CT molecular complexity index is 335. The Kier molecular flexibility index (Phi) is 4.29. The number of benzene rings is 1. The molecule has 1 unspecified atom stereocenters. The van der Waals surface area contributed by atoms with E-state index in [0.29, 0.717) is 24.9 Å². The average molecular weight is 235 g/mol. The highest BCUT2D eigenvalue weighted by Gasteiger charge is 2.41. The second kappa shape index (κ2) is 5.30. The molecule has 5 heteroatoms. The normalized spacial score (nSPS) is 13.8. The fraction of sp³-hybridized carbons (Fsp3) is 0.455. The number of alkyl halides is 4. The number of halogens is 4. The van der Waals surface area contributed by atoms with Crippen LogP contribution in [0.4, 0.5) is 17.6 Å². The first-order chi connectivity index (χ1) is 7.45. The van der Waals surface area contributed by atoms with Gasteiger partial charge in [0.25, 0.3) is 0 Å². The minimum Gasteiger partial charge on any atom is -0.330 e. The molecule has 0 saturated carbocycles. The summed E-state index contributed by atoms with van der Waals surface area (Å²) in [5.41, 5.74) is 5.62. The summed E-state index contributed by atoms with van der Waals surface area (Å²) >= 11 is 0. The van der Waals surface area contributed by atoms with Crippen molar-refractivity contribution >= 4 is 0 Å². The van der Waals surface area contributed by atoms with Crippen molar-refractivity contribution in [1.82, 2.24) is 0 Å². The predicted molar refractivity (Wildman–Crippen MR) is 53.7 cm³/mol. The molecule has 90 valence electrons. The van der Waals surface area contributed by atoms with E-state index in [1.807, 2.05) is 0 Å². The van der Waals surface area contributed by atoms with E-state index < -0.39 is 12.3 Å². The van der Waals surface area contributed by atoms with Crippen molar-refractivity contribution in [3.8, 4) is 0 Å². The van der Waals surface area contributed by atoms with E-state index in [4.69, 9.17) is 5.73 Å². The topological polar surface area (TPSA) is 26.0 Å². The summed E-state index contributed by atoms with van der Waals surface area (Å²) in [6.45, 7) is 0.461. The maximum absolute atomic E-state index is 13.0. The minimum absolute atomic E-state index is 0.345. The molecule has 0 radical (unpaired) electrons. The van der Waals surface area contributed by atoms with Crippen molar-refractivity contribution in [3.05, 3.63) is 35.4 Å². The molecule has 0 saturated heterocycles. The number of aryl methyl sites for hydroxylation is 1. The molecule has 0 aliphatic carbocycles. The standard InChI is InChI=1S/C11H13F4N/c12-10(11(13,14)15)9-5-1-3-8(7-9)4-2-6-16/h1,3,5,7,10H,2,4,6,16H2. The van der Waals surface area contributed by atoms with Crippen LogP contribution in [0.1, 0.15) is 23.7 Å². The second-order valence-corrected chi connectivity index (χ2v) is 3.54. The molecule has 1 nitrogen and oxygen atoms in total. The Labute approximate surface area is 91.3 Å². The van der Waals surface area contributed by atoms with Crippen LogP contribution in [-0.2, 0) is 6.42 Å². The number of nitrogens with two attached hydrogens (primary N) is 1. The SMILES string of the molecule is NCCCc1cccc(C(F)C(F)(F)F)c1. The Morgan fingerprint density at radius 1 is 1.25 bits per heavy atom. The lowest BCUT2D eigenvalue weighted by molar-refractivity contribution is -0.182. The van der Waals surface area contributed by atoms with Gasteiger partial charge in [-0.2, -0.15) is 13.2 Å². The second-order valence-electron chi connectivity index (χ2n) is 3.54. The summed E-state index contributed by atoms with van der Waals surface area (Å²) in [6.07, 6.45) is -6.52. The van der Waals surface area contributed by atoms with Gasteiger partial charge < -0.3 is 5.73 Å². The Morgan fingerprint density at radius 3 is 2.50 bits per heavy atom. The predicted octanol–water partition coefficient (Wildman–Crippen LogP) is 3.15. The first-order valence-electron chi connectivity index (χ1n) is 4.95. The molecule has 0 bridgehead atoms. The van der Waals surface area contributed by atoms with Crippen molar-refractivity contribution in [1.29, 1.82) is 0 Å². The summed E-state index contributed by atoms with van der Waals surface area (Å²) in [6, 6.07) is 5.49. The molecule has 0 spiro atoms. The number of rotatable bonds is 4. The zero-order valence-electron chi connectivity index (χ0n) is 8.60. The largest absolute Gasteiger partial charge is 0.423 e. The highest BCUT2D eigenvalue weighted by atomic mass is 19.4. The van der Waals surface area contributed by atoms with Crippen LogP contribution in [0.3, 0.4) is 0 Å². The van der Waals surface area contributed by atoms with E-state index >= 15 is 0 Å². The highest BCUT2D eigenvalue weighted by Crippen LogP contribution is 2.36. The Balaban J connectivity index is 2.81. The molecule has 1 aromatic rings. The van der Waals surface area contributed by atoms with Crippen molar-refractivity contribution in [2.45, 2.75) is 25.2 Å². The van der Waals surface area contributed by atoms with E-state index in [2.05, 4.69) is 0 Å². The third kappa shape index (κ3) is 3.48. The van der Waals surface area contributed by atoms with Crippen LogP contribution in [0.2, 0.25) is 0 Å². The number of hydrogen-bond acceptors (Lipinski definition) is 1. The van der Waals surface area contributed by atoms with Gasteiger partial charge in [0, 0.05) is 0 Å². The van der Waals surface area contributed by atoms with Crippen LogP contribution in [-0.4, -0.2) is 12.7 Å². The number of hydrogen-bond donors (Lipinski definition) is 1. The van der Waals surface area contributed by atoms with Gasteiger partial charge in [-0.3, -0.25) is 0 Å². The molecule has 16 heavy (non-hydrogen) atoms. The first-order valence-corrected chi connectivity index (χ1v) is 4.95. The molecule has 1 atom stereocenters. The molecular weight excluding hydrogens is 222 g/mol. The van der Waals surface area contributed by atoms with E-state index in [1.54, 1.807) is 6.07 Å². The van der Waals surface area contributed by atoms with Gasteiger partial charge in [-0.15, -0.1) is 0 Å². The maximum atomic E-state index is 13.0. The van der Waals surface area contributed by atoms with Crippen LogP contribution in [0.15, 0.2) is 24.3 Å². The molecule has 1 rings (SSSR count). The maximum Gasteiger partial charge on any atom is 0.423 e. The highest BCUT2D eigenvalue weighted by molar-refractivity contribution is 5.26. The van der Waals surface area contributed by atoms with Crippen molar-refractivity contribution in [2.75, 3.05) is 6.54 Å². The molecule has 0 fully saturated rings. The summed E-state index contributed by atoms with van der Waals surface area (Å²) in [4.78, 5) is 0. The van der Waals surface area contributed by atoms with Gasteiger partial charge in [-0.1, -0.05) is 24.3 Å². The third-order valence-corrected chi connectivity index (χ3v) is 2.20. The Morgan fingerprint density at radius 2 is 1.94 bits per heavy atom. The van der Waals surface area contributed by atoms with Gasteiger partial charge in [0.2, 0.25) is 6.17 Å². The lowest BCUT2D eigenvalue weighted by atomic mass is 10.0. The summed E-state index contributed by atoms with van der Waals surface area (Å²) < 4.78 is 49.4. The van der Waals surface area contributed by atoms with Gasteiger partial charge in [0.1, 0.15) is 0 Å². The van der Waals surface area contributed by atoms with Crippen LogP contribution in [0, 0.1) is 0 Å². The van der Waals surface area contributed by atoms with Gasteiger partial charge in [0.15, 0.2) is 0 Å². The van der Waals surface area contributed by atoms with E-state index in [-0.39, 0.29) is 5.56 Å². The van der Waals surface area contributed by atoms with Gasteiger partial charge >= 0.3 is 6.18 Å². The fourth-order valence-corrected chi connectivity index (χ4v) is 1.40. The zero-order valence-corrected chi connectivity index (χ0v) is 8.60. The summed E-state index contributed by atoms with van der Waals surface area (Å²) in [7, 11) is 0. The van der Waals surface area contributed by atoms with Crippen molar-refractivity contribution in [2.24, 2.45) is 5.73 Å². The van der Waals surface area contributed by atoms with Crippen LogP contribution in [0.25, 0.3) is 0 Å². The van der Waals surface area contributed by atoms with E-state index in [0.717, 1.165) is 6.07 Å². The minimum atomic E-state index is -4.84. The van der Waals surface area contributed by atoms with Crippen LogP contribution in [0.5, 0.6) is 0 Å². The Hall–Kier alpha value is -1.10. The van der Waals surface area contributed by atoms with Crippen LogP contribution >= 0.6 is 0 Å². The van der Waals surface area contributed by atoms with Crippen molar-refractivity contribution < 1.29 is 17.6 Å². The van der Waals surface area contributed by atoms with Gasteiger partial charge in [0.05, 0.1) is 0 Å². The molecule has 0 heterocycles. The molecular formula is C11H13F4N. The van der Waals surface area contributed by atoms with E-state index in [9.17, 15) is 17.6 Å². The van der Waals surface area contributed by atoms with Gasteiger partial charge in [-0.05, 0) is 30.5 Å². The van der Waals surface area contributed by atoms with Gasteiger partial charge in [-0.25, -0.2) is 4.39 Å². The molecule has 0 aliphatic rings. The molecule has 0 aliphatic heterocycles. The monoisotopic (exact) mass is 235 g/mol. The zero-order chi connectivity index (χ0) is 12.2. The molecule has 1 aromatic carbocycles. The lowest BCUT2D eigenvalue weighted by Gasteiger charge is -2.13. The smallest absolute Gasteiger partial charge is 0.330 e. The molecule has 2 N–H and O–H groups in total. The quantitative estimate of drug-likeness (QED) is 0.797.